The number of fused-ring (bicyclic) bond motifs is 1. The van der Waals surface area contributed by atoms with Crippen LogP contribution in [0.1, 0.15) is 10.4 Å². The normalized spacial score (nSPS) is 11.5. The van der Waals surface area contributed by atoms with Crippen LogP contribution in [0.5, 0.6) is 0 Å². The van der Waals surface area contributed by atoms with Crippen LogP contribution in [-0.2, 0) is 10.0 Å². The maximum absolute atomic E-state index is 12.9. The number of carbonyl (C=O) groups excluding carboxylic acids is 1. The Kier molecular flexibility index (Phi) is 5.16. The van der Waals surface area contributed by atoms with Crippen molar-refractivity contribution in [3.63, 3.8) is 0 Å². The van der Waals surface area contributed by atoms with E-state index in [1.165, 1.54) is 0 Å². The Bertz CT molecular complexity index is 1050. The highest BCUT2D eigenvalue weighted by molar-refractivity contribution is 7.93. The first-order valence-electron chi connectivity index (χ1n) is 7.47. The molecule has 0 aliphatic rings. The molecule has 0 aliphatic heterocycles. The Morgan fingerprint density at radius 3 is 2.62 bits per heavy atom. The van der Waals surface area contributed by atoms with Gasteiger partial charge >= 0.3 is 0 Å². The number of anilines is 1. The molecule has 0 atom stereocenters. The number of thiazole rings is 1. The minimum atomic E-state index is -3.89. The lowest BCUT2D eigenvalue weighted by molar-refractivity contribution is 0.0945. The van der Waals surface area contributed by atoms with Gasteiger partial charge in [0.15, 0.2) is 5.13 Å². The van der Waals surface area contributed by atoms with Crippen molar-refractivity contribution in [3.8, 4) is 0 Å². The number of rotatable bonds is 6. The molecule has 0 unspecified atom stereocenters. The van der Waals surface area contributed by atoms with Crippen molar-refractivity contribution in [2.24, 2.45) is 0 Å². The minimum Gasteiger partial charge on any atom is -0.395 e. The van der Waals surface area contributed by atoms with E-state index >= 15 is 0 Å². The van der Waals surface area contributed by atoms with Gasteiger partial charge < -0.3 is 10.4 Å². The van der Waals surface area contributed by atoms with Gasteiger partial charge in [-0.15, -0.1) is 0 Å². The van der Waals surface area contributed by atoms with Gasteiger partial charge in [0, 0.05) is 12.1 Å². The molecule has 1 aromatic heterocycles. The number of halogens is 1. The Morgan fingerprint density at radius 2 is 1.92 bits per heavy atom. The molecule has 10 heteroatoms. The van der Waals surface area contributed by atoms with Gasteiger partial charge in [0.25, 0.3) is 15.9 Å². The van der Waals surface area contributed by atoms with Crippen LogP contribution in [0.4, 0.5) is 9.52 Å². The van der Waals surface area contributed by atoms with E-state index < -0.39 is 15.8 Å². The fourth-order valence-corrected chi connectivity index (χ4v) is 4.31. The lowest BCUT2D eigenvalue weighted by Crippen LogP contribution is -2.26. The monoisotopic (exact) mass is 395 g/mol. The molecule has 3 N–H and O–H groups in total. The number of aliphatic hydroxyl groups is 1. The molecule has 26 heavy (non-hydrogen) atoms. The van der Waals surface area contributed by atoms with Crippen molar-refractivity contribution < 1.29 is 22.7 Å². The second-order valence-corrected chi connectivity index (χ2v) is 7.95. The van der Waals surface area contributed by atoms with Gasteiger partial charge in [-0.2, -0.15) is 0 Å². The van der Waals surface area contributed by atoms with Crippen molar-refractivity contribution >= 4 is 42.6 Å². The van der Waals surface area contributed by atoms with E-state index in [1.54, 1.807) is 18.2 Å². The highest BCUT2D eigenvalue weighted by atomic mass is 32.2. The number of hydrogen-bond donors (Lipinski definition) is 3. The number of sulfonamides is 1. The van der Waals surface area contributed by atoms with E-state index in [4.69, 9.17) is 5.11 Å². The summed E-state index contributed by atoms with van der Waals surface area (Å²) in [5.41, 5.74) is 0.910. The molecule has 0 aliphatic carbocycles. The molecule has 0 radical (unpaired) electrons. The van der Waals surface area contributed by atoms with E-state index in [0.29, 0.717) is 15.8 Å². The minimum absolute atomic E-state index is 0.0813. The third-order valence-electron chi connectivity index (χ3n) is 3.39. The average molecular weight is 395 g/mol. The highest BCUT2D eigenvalue weighted by Gasteiger charge is 2.17. The van der Waals surface area contributed by atoms with E-state index in [0.717, 1.165) is 35.6 Å². The van der Waals surface area contributed by atoms with Crippen LogP contribution < -0.4 is 10.0 Å². The molecular formula is C16H14FN3O4S2. The largest absolute Gasteiger partial charge is 0.395 e. The summed E-state index contributed by atoms with van der Waals surface area (Å²) in [6.45, 7) is -0.0217. The summed E-state index contributed by atoms with van der Waals surface area (Å²) in [5, 5.41) is 11.4. The van der Waals surface area contributed by atoms with Crippen molar-refractivity contribution in [2.45, 2.75) is 4.90 Å². The van der Waals surface area contributed by atoms with Crippen LogP contribution >= 0.6 is 11.3 Å². The summed E-state index contributed by atoms with van der Waals surface area (Å²) in [6.07, 6.45) is 0. The fourth-order valence-electron chi connectivity index (χ4n) is 2.17. The predicted octanol–water partition coefficient (Wildman–Crippen LogP) is 1.96. The number of carbonyl (C=O) groups is 1. The lowest BCUT2D eigenvalue weighted by Gasteiger charge is -2.04. The molecule has 0 saturated carbocycles. The SMILES string of the molecule is O=C(NCCO)c1ccc2nc(NS(=O)(=O)c3ccc(F)cc3)sc2c1. The average Bonchev–Trinajstić information content (AvgIpc) is 3.00. The van der Waals surface area contributed by atoms with Crippen LogP contribution in [0.25, 0.3) is 10.2 Å². The zero-order chi connectivity index (χ0) is 18.7. The number of amides is 1. The molecule has 1 heterocycles. The quantitative estimate of drug-likeness (QED) is 0.591. The number of nitrogens with one attached hydrogen (secondary N) is 2. The van der Waals surface area contributed by atoms with Gasteiger partial charge in [-0.1, -0.05) is 11.3 Å². The summed E-state index contributed by atoms with van der Waals surface area (Å²) in [4.78, 5) is 16.0. The van der Waals surface area contributed by atoms with Crippen LogP contribution in [0.2, 0.25) is 0 Å². The second-order valence-electron chi connectivity index (χ2n) is 5.24. The molecule has 0 spiro atoms. The molecule has 1 amide bonds. The van der Waals surface area contributed by atoms with E-state index in [9.17, 15) is 17.6 Å². The van der Waals surface area contributed by atoms with E-state index in [2.05, 4.69) is 15.0 Å². The van der Waals surface area contributed by atoms with Crippen LogP contribution in [0.3, 0.4) is 0 Å². The van der Waals surface area contributed by atoms with E-state index in [1.807, 2.05) is 0 Å². The zero-order valence-electron chi connectivity index (χ0n) is 13.3. The number of nitrogens with zero attached hydrogens (tertiary/aromatic N) is 1. The smallest absolute Gasteiger partial charge is 0.263 e. The lowest BCUT2D eigenvalue weighted by atomic mass is 10.2. The molecule has 7 nitrogen and oxygen atoms in total. The fraction of sp³-hybridized carbons (Fsp3) is 0.125. The van der Waals surface area contributed by atoms with Crippen molar-refractivity contribution in [1.82, 2.24) is 10.3 Å². The number of benzene rings is 2. The van der Waals surface area contributed by atoms with E-state index in [-0.39, 0.29) is 29.1 Å². The van der Waals surface area contributed by atoms with Gasteiger partial charge in [-0.05, 0) is 42.5 Å². The molecule has 0 saturated heterocycles. The first-order valence-corrected chi connectivity index (χ1v) is 9.77. The maximum atomic E-state index is 12.9. The van der Waals surface area contributed by atoms with Crippen molar-refractivity contribution in [2.75, 3.05) is 17.9 Å². The Balaban J connectivity index is 1.85. The number of aliphatic hydroxyl groups excluding tert-OH is 1. The molecular weight excluding hydrogens is 381 g/mol. The van der Waals surface area contributed by atoms with Crippen LogP contribution in [0.15, 0.2) is 47.4 Å². The summed E-state index contributed by atoms with van der Waals surface area (Å²) in [5.74, 6) is -0.876. The second kappa shape index (κ2) is 7.36. The van der Waals surface area contributed by atoms with Crippen molar-refractivity contribution in [3.05, 3.63) is 53.8 Å². The van der Waals surface area contributed by atoms with Crippen molar-refractivity contribution in [1.29, 1.82) is 0 Å². The Hall–Kier alpha value is -2.56. The highest BCUT2D eigenvalue weighted by Crippen LogP contribution is 2.28. The van der Waals surface area contributed by atoms with Gasteiger partial charge in [-0.25, -0.2) is 17.8 Å². The van der Waals surface area contributed by atoms with Gasteiger partial charge in [0.1, 0.15) is 5.82 Å². The predicted molar refractivity (Wildman–Crippen MR) is 96.2 cm³/mol. The third-order valence-corrected chi connectivity index (χ3v) is 5.81. The van der Waals surface area contributed by atoms with Gasteiger partial charge in [0.2, 0.25) is 0 Å². The molecule has 136 valence electrons. The zero-order valence-corrected chi connectivity index (χ0v) is 14.9. The molecule has 3 aromatic rings. The Labute approximate surface area is 152 Å². The molecule has 2 aromatic carbocycles. The standard InChI is InChI=1S/C16H14FN3O4S2/c17-11-2-4-12(5-3-11)26(23,24)20-16-19-13-6-1-10(9-14(13)25-16)15(22)18-7-8-21/h1-6,9,21H,7-8H2,(H,18,22)(H,19,20). The van der Waals surface area contributed by atoms with Crippen LogP contribution in [0, 0.1) is 5.82 Å². The summed E-state index contributed by atoms with van der Waals surface area (Å²) >= 11 is 1.07. The maximum Gasteiger partial charge on any atom is 0.263 e. The first-order chi connectivity index (χ1) is 12.4. The van der Waals surface area contributed by atoms with Crippen LogP contribution in [-0.4, -0.2) is 37.6 Å². The summed E-state index contributed by atoms with van der Waals surface area (Å²) in [6, 6.07) is 9.20. The number of aromatic nitrogens is 1. The number of hydrogen-bond acceptors (Lipinski definition) is 6. The van der Waals surface area contributed by atoms with Gasteiger partial charge in [-0.3, -0.25) is 9.52 Å². The molecule has 0 bridgehead atoms. The topological polar surface area (TPSA) is 108 Å². The summed E-state index contributed by atoms with van der Waals surface area (Å²) in [7, 11) is -3.89. The first kappa shape index (κ1) is 18.2. The van der Waals surface area contributed by atoms with Gasteiger partial charge in [0.05, 0.1) is 21.7 Å². The molecule has 0 fully saturated rings. The molecule has 3 rings (SSSR count). The summed E-state index contributed by atoms with van der Waals surface area (Å²) < 4.78 is 40.6. The third kappa shape index (κ3) is 3.98. The Morgan fingerprint density at radius 1 is 1.19 bits per heavy atom.